The fraction of sp³-hybridized carbons (Fsp3) is 0.250. The van der Waals surface area contributed by atoms with Gasteiger partial charge in [0.1, 0.15) is 17.0 Å². The lowest BCUT2D eigenvalue weighted by Gasteiger charge is -2.37. The molecule has 0 aliphatic rings. The van der Waals surface area contributed by atoms with Crippen LogP contribution in [0.1, 0.15) is 23.0 Å². The van der Waals surface area contributed by atoms with Gasteiger partial charge in [-0.25, -0.2) is 4.79 Å². The Morgan fingerprint density at radius 1 is 1.38 bits per heavy atom. The molecule has 9 nitrogen and oxygen atoms in total. The van der Waals surface area contributed by atoms with E-state index in [1.807, 2.05) is 0 Å². The molecule has 2 N–H and O–H groups in total. The zero-order valence-electron chi connectivity index (χ0n) is 11.2. The normalized spacial score (nSPS) is 10.8. The number of hydrogen-bond acceptors (Lipinski definition) is 9. The Hall–Kier alpha value is -2.33. The molecule has 2 rings (SSSR count). The molecule has 0 unspecified atom stereocenters. The van der Waals surface area contributed by atoms with Crippen molar-refractivity contribution in [3.8, 4) is 0 Å². The van der Waals surface area contributed by atoms with Gasteiger partial charge in [0.15, 0.2) is 5.58 Å². The van der Waals surface area contributed by atoms with Crippen LogP contribution in [0.4, 0.5) is 11.4 Å². The number of hydrogen-bond donors (Lipinski definition) is 2. The quantitative estimate of drug-likeness (QED) is 0.643. The number of aryl methyl sites for hydroxylation is 1. The number of esters is 1. The third-order valence-electron chi connectivity index (χ3n) is 2.84. The molecule has 0 aliphatic heterocycles. The third-order valence-corrected chi connectivity index (χ3v) is 2.84. The minimum absolute atomic E-state index is 0.0126. The molecule has 1 aromatic carbocycles. The number of rotatable bonds is 4. The van der Waals surface area contributed by atoms with Gasteiger partial charge in [0.05, 0.1) is 6.61 Å². The fourth-order valence-corrected chi connectivity index (χ4v) is 2.00. The first-order valence-corrected chi connectivity index (χ1v) is 5.93. The minimum Gasteiger partial charge on any atom is -0.769 e. The van der Waals surface area contributed by atoms with E-state index in [-0.39, 0.29) is 39.8 Å². The highest BCUT2D eigenvalue weighted by molar-refractivity contribution is 6.08. The first-order valence-electron chi connectivity index (χ1n) is 5.93. The Kier molecular flexibility index (Phi) is 4.00. The Balaban J connectivity index is 2.76. The Bertz CT molecular complexity index is 678. The van der Waals surface area contributed by atoms with E-state index in [2.05, 4.69) is 0 Å². The van der Waals surface area contributed by atoms with Crippen molar-refractivity contribution < 1.29 is 24.4 Å². The second-order valence-electron chi connectivity index (χ2n) is 4.14. The molecular formula is C12H12N2O7-2. The predicted molar refractivity (Wildman–Crippen MR) is 72.2 cm³/mol. The first kappa shape index (κ1) is 15.1. The highest BCUT2D eigenvalue weighted by atomic mass is 16.8. The van der Waals surface area contributed by atoms with E-state index < -0.39 is 16.9 Å². The number of carbonyl (C=O) groups excluding carboxylic acids is 1. The van der Waals surface area contributed by atoms with E-state index in [4.69, 9.17) is 19.6 Å². The van der Waals surface area contributed by atoms with Gasteiger partial charge < -0.3 is 24.8 Å². The van der Waals surface area contributed by atoms with Crippen molar-refractivity contribution in [3.63, 3.8) is 0 Å². The summed E-state index contributed by atoms with van der Waals surface area (Å²) in [5, 5.41) is 39.2. The van der Waals surface area contributed by atoms with Crippen molar-refractivity contribution >= 4 is 28.3 Å². The molecule has 0 saturated carbocycles. The lowest BCUT2D eigenvalue weighted by molar-refractivity contribution is 0.0295. The van der Waals surface area contributed by atoms with E-state index in [1.165, 1.54) is 6.92 Å². The molecule has 0 saturated heterocycles. The molecule has 9 heteroatoms. The van der Waals surface area contributed by atoms with E-state index in [9.17, 15) is 15.2 Å². The van der Waals surface area contributed by atoms with E-state index in [0.29, 0.717) is 0 Å². The van der Waals surface area contributed by atoms with Gasteiger partial charge in [0, 0.05) is 11.1 Å². The summed E-state index contributed by atoms with van der Waals surface area (Å²) in [5.41, 5.74) is -0.820. The monoisotopic (exact) mass is 296 g/mol. The van der Waals surface area contributed by atoms with Crippen LogP contribution in [-0.4, -0.2) is 23.0 Å². The first-order chi connectivity index (χ1) is 9.86. The molecule has 0 radical (unpaired) electrons. The Morgan fingerprint density at radius 2 is 2.05 bits per heavy atom. The molecule has 21 heavy (non-hydrogen) atoms. The van der Waals surface area contributed by atoms with Crippen LogP contribution < -0.4 is 10.5 Å². The van der Waals surface area contributed by atoms with Crippen LogP contribution in [0.5, 0.6) is 0 Å². The van der Waals surface area contributed by atoms with Gasteiger partial charge in [-0.1, -0.05) is 0 Å². The van der Waals surface area contributed by atoms with Crippen molar-refractivity contribution in [2.75, 3.05) is 17.1 Å². The second kappa shape index (κ2) is 5.58. The number of carbonyl (C=O) groups is 1. The number of nitrogens with zero attached hydrogens (tertiary/aromatic N) is 2. The highest BCUT2D eigenvalue weighted by Gasteiger charge is 2.23. The molecule has 1 heterocycles. The van der Waals surface area contributed by atoms with Crippen molar-refractivity contribution in [2.24, 2.45) is 0 Å². The highest BCUT2D eigenvalue weighted by Crippen LogP contribution is 2.36. The van der Waals surface area contributed by atoms with E-state index >= 15 is 0 Å². The second-order valence-corrected chi connectivity index (χ2v) is 4.14. The lowest BCUT2D eigenvalue weighted by Crippen LogP contribution is -2.13. The molecular weight excluding hydrogens is 284 g/mol. The summed E-state index contributed by atoms with van der Waals surface area (Å²) in [4.78, 5) is 11.9. The summed E-state index contributed by atoms with van der Waals surface area (Å²) in [7, 11) is 0. The fourth-order valence-electron chi connectivity index (χ4n) is 2.00. The van der Waals surface area contributed by atoms with E-state index in [0.717, 1.165) is 12.1 Å². The predicted octanol–water partition coefficient (Wildman–Crippen LogP) is 2.30. The molecule has 0 bridgehead atoms. The number of anilines is 2. The zero-order chi connectivity index (χ0) is 15.7. The minimum atomic E-state index is -0.719. The molecule has 0 fully saturated rings. The molecule has 2 aromatic rings. The van der Waals surface area contributed by atoms with Gasteiger partial charge in [-0.2, -0.15) is 0 Å². The zero-order valence-corrected chi connectivity index (χ0v) is 11.2. The van der Waals surface area contributed by atoms with Crippen molar-refractivity contribution in [1.29, 1.82) is 0 Å². The summed E-state index contributed by atoms with van der Waals surface area (Å²) >= 11 is 0. The van der Waals surface area contributed by atoms with Crippen LogP contribution in [0.2, 0.25) is 0 Å². The van der Waals surface area contributed by atoms with E-state index in [1.54, 1.807) is 6.92 Å². The van der Waals surface area contributed by atoms with Crippen molar-refractivity contribution in [3.05, 3.63) is 33.9 Å². The topological polar surface area (TPSA) is 132 Å². The molecule has 114 valence electrons. The van der Waals surface area contributed by atoms with Crippen LogP contribution >= 0.6 is 0 Å². The summed E-state index contributed by atoms with van der Waals surface area (Å²) in [6.07, 6.45) is 0. The van der Waals surface area contributed by atoms with Crippen LogP contribution in [0, 0.1) is 17.3 Å². The van der Waals surface area contributed by atoms with Gasteiger partial charge in [-0.15, -0.1) is 5.23 Å². The maximum atomic E-state index is 11.9. The molecule has 0 aliphatic carbocycles. The summed E-state index contributed by atoms with van der Waals surface area (Å²) < 4.78 is 10.2. The van der Waals surface area contributed by atoms with Crippen LogP contribution in [0.3, 0.4) is 0 Å². The number of ether oxygens (including phenoxy) is 1. The molecule has 0 atom stereocenters. The summed E-state index contributed by atoms with van der Waals surface area (Å²) in [6.45, 7) is 3.21. The Morgan fingerprint density at radius 3 is 2.57 bits per heavy atom. The van der Waals surface area contributed by atoms with Gasteiger partial charge >= 0.3 is 5.97 Å². The standard InChI is InChI=1S/C12H12N2O7/c1-3-20-12(15)10-6(2)21-11-8(10)4-7(13(16)17)5-9(11)14(18)19/h4-5,18-19H,3H2,1-2H3/q-2. The largest absolute Gasteiger partial charge is 0.769 e. The molecule has 0 amide bonds. The SMILES string of the molecule is CCOC(=O)c1c(C)oc2c(N(O)O)cc(N([O-])[O-])cc12. The van der Waals surface area contributed by atoms with Gasteiger partial charge in [-0.3, -0.25) is 10.4 Å². The van der Waals surface area contributed by atoms with Gasteiger partial charge in [0.2, 0.25) is 0 Å². The van der Waals surface area contributed by atoms with Crippen molar-refractivity contribution in [2.45, 2.75) is 13.8 Å². The average molecular weight is 296 g/mol. The van der Waals surface area contributed by atoms with Crippen LogP contribution in [0.15, 0.2) is 16.5 Å². The summed E-state index contributed by atoms with van der Waals surface area (Å²) in [5.74, 6) is -0.547. The maximum absolute atomic E-state index is 11.9. The van der Waals surface area contributed by atoms with Crippen LogP contribution in [0.25, 0.3) is 11.0 Å². The summed E-state index contributed by atoms with van der Waals surface area (Å²) in [6, 6.07) is 2.03. The number of benzene rings is 1. The van der Waals surface area contributed by atoms with Crippen LogP contribution in [-0.2, 0) is 4.74 Å². The maximum Gasteiger partial charge on any atom is 0.342 e. The lowest BCUT2D eigenvalue weighted by atomic mass is 10.1. The van der Waals surface area contributed by atoms with Gasteiger partial charge in [0.25, 0.3) is 0 Å². The van der Waals surface area contributed by atoms with Gasteiger partial charge in [-0.05, 0) is 26.0 Å². The smallest absolute Gasteiger partial charge is 0.342 e. The number of fused-ring (bicyclic) bond motifs is 1. The molecule has 1 aromatic heterocycles. The Labute approximate surface area is 118 Å². The number of furan rings is 1. The molecule has 0 spiro atoms. The third kappa shape index (κ3) is 2.62. The average Bonchev–Trinajstić information content (AvgIpc) is 2.73. The van der Waals surface area contributed by atoms with Crippen molar-refractivity contribution in [1.82, 2.24) is 0 Å².